The minimum Gasteiger partial charge on any atom is -0.315 e. The summed E-state index contributed by atoms with van der Waals surface area (Å²) < 4.78 is 0. The molecule has 3 rings (SSSR count). The first-order chi connectivity index (χ1) is 10.1. The van der Waals surface area contributed by atoms with Gasteiger partial charge in [-0.05, 0) is 69.5 Å². The Morgan fingerprint density at radius 2 is 1.52 bits per heavy atom. The molecule has 2 heteroatoms. The standard InChI is InChI=1S/C19H36N2/c1-18(2)9-7-8-16(17(18)20-3)21-14-12-19(13-15-21)10-5-4-6-11-19/h16-17,20H,4-15H2,1-3H3. The quantitative estimate of drug-likeness (QED) is 0.820. The lowest BCUT2D eigenvalue weighted by molar-refractivity contribution is -0.00161. The van der Waals surface area contributed by atoms with Gasteiger partial charge in [0.05, 0.1) is 0 Å². The monoisotopic (exact) mass is 292 g/mol. The van der Waals surface area contributed by atoms with Crippen molar-refractivity contribution in [3.05, 3.63) is 0 Å². The van der Waals surface area contributed by atoms with Gasteiger partial charge in [-0.1, -0.05) is 39.5 Å². The van der Waals surface area contributed by atoms with Gasteiger partial charge >= 0.3 is 0 Å². The molecule has 0 amide bonds. The van der Waals surface area contributed by atoms with Gasteiger partial charge in [0.15, 0.2) is 0 Å². The molecule has 1 heterocycles. The highest BCUT2D eigenvalue weighted by molar-refractivity contribution is 4.99. The van der Waals surface area contributed by atoms with Crippen LogP contribution in [0.15, 0.2) is 0 Å². The summed E-state index contributed by atoms with van der Waals surface area (Å²) in [7, 11) is 2.18. The molecule has 0 radical (unpaired) electrons. The lowest BCUT2D eigenvalue weighted by Gasteiger charge is -2.52. The molecule has 0 aromatic rings. The van der Waals surface area contributed by atoms with Crippen LogP contribution in [0.3, 0.4) is 0 Å². The summed E-state index contributed by atoms with van der Waals surface area (Å²) in [4.78, 5) is 2.85. The third-order valence-electron chi connectivity index (χ3n) is 7.10. The van der Waals surface area contributed by atoms with Crippen LogP contribution < -0.4 is 5.32 Å². The van der Waals surface area contributed by atoms with Crippen LogP contribution >= 0.6 is 0 Å². The molecule has 2 unspecified atom stereocenters. The van der Waals surface area contributed by atoms with E-state index in [1.807, 2.05) is 0 Å². The largest absolute Gasteiger partial charge is 0.315 e. The summed E-state index contributed by atoms with van der Waals surface area (Å²) >= 11 is 0. The zero-order valence-corrected chi connectivity index (χ0v) is 14.6. The van der Waals surface area contributed by atoms with Gasteiger partial charge in [0.25, 0.3) is 0 Å². The molecule has 2 saturated carbocycles. The van der Waals surface area contributed by atoms with Crippen molar-refractivity contribution in [1.29, 1.82) is 0 Å². The van der Waals surface area contributed by atoms with Crippen LogP contribution in [0.2, 0.25) is 0 Å². The van der Waals surface area contributed by atoms with E-state index in [1.54, 1.807) is 0 Å². The Hall–Kier alpha value is -0.0800. The summed E-state index contributed by atoms with van der Waals surface area (Å²) in [6.45, 7) is 7.65. The van der Waals surface area contributed by atoms with Crippen LogP contribution in [-0.4, -0.2) is 37.1 Å². The third-order valence-corrected chi connectivity index (χ3v) is 7.10. The molecule has 3 fully saturated rings. The second-order valence-electron chi connectivity index (χ2n) is 8.81. The maximum absolute atomic E-state index is 3.67. The van der Waals surface area contributed by atoms with Crippen molar-refractivity contribution in [1.82, 2.24) is 10.2 Å². The molecule has 2 atom stereocenters. The molecule has 2 aliphatic carbocycles. The first-order valence-corrected chi connectivity index (χ1v) is 9.48. The van der Waals surface area contributed by atoms with Crippen molar-refractivity contribution in [3.63, 3.8) is 0 Å². The summed E-state index contributed by atoms with van der Waals surface area (Å²) in [6, 6.07) is 1.45. The predicted octanol–water partition coefficient (Wildman–Crippen LogP) is 4.20. The SMILES string of the molecule is CNC1C(N2CCC3(CCCCC3)CC2)CCCC1(C)C. The fourth-order valence-electron chi connectivity index (χ4n) is 5.72. The van der Waals surface area contributed by atoms with Gasteiger partial charge in [-0.15, -0.1) is 0 Å². The fourth-order valence-corrected chi connectivity index (χ4v) is 5.72. The Morgan fingerprint density at radius 1 is 0.857 bits per heavy atom. The Kier molecular flexibility index (Phi) is 4.66. The van der Waals surface area contributed by atoms with Crippen molar-refractivity contribution >= 4 is 0 Å². The van der Waals surface area contributed by atoms with Gasteiger partial charge in [0.2, 0.25) is 0 Å². The van der Waals surface area contributed by atoms with E-state index in [0.717, 1.165) is 11.5 Å². The number of nitrogens with one attached hydrogen (secondary N) is 1. The molecule has 3 aliphatic rings. The van der Waals surface area contributed by atoms with Crippen molar-refractivity contribution in [2.75, 3.05) is 20.1 Å². The van der Waals surface area contributed by atoms with Crippen molar-refractivity contribution in [2.24, 2.45) is 10.8 Å². The minimum atomic E-state index is 0.456. The maximum atomic E-state index is 3.67. The third kappa shape index (κ3) is 3.17. The van der Waals surface area contributed by atoms with Crippen molar-refractivity contribution in [3.8, 4) is 0 Å². The molecule has 122 valence electrons. The minimum absolute atomic E-state index is 0.456. The number of likely N-dealkylation sites (tertiary alicyclic amines) is 1. The summed E-state index contributed by atoms with van der Waals surface area (Å²) in [5.41, 5.74) is 1.20. The molecular weight excluding hydrogens is 256 g/mol. The van der Waals surface area contributed by atoms with E-state index in [0.29, 0.717) is 11.5 Å². The van der Waals surface area contributed by atoms with Gasteiger partial charge in [-0.25, -0.2) is 0 Å². The second-order valence-corrected chi connectivity index (χ2v) is 8.81. The number of hydrogen-bond donors (Lipinski definition) is 1. The van der Waals surface area contributed by atoms with E-state index in [9.17, 15) is 0 Å². The summed E-state index contributed by atoms with van der Waals surface area (Å²) in [5, 5.41) is 3.67. The number of hydrogen-bond acceptors (Lipinski definition) is 2. The molecular formula is C19H36N2. The average Bonchev–Trinajstić information content (AvgIpc) is 2.48. The van der Waals surface area contributed by atoms with Gasteiger partial charge in [-0.3, -0.25) is 4.90 Å². The molecule has 1 N–H and O–H groups in total. The van der Waals surface area contributed by atoms with Gasteiger partial charge in [0, 0.05) is 12.1 Å². The first-order valence-electron chi connectivity index (χ1n) is 9.48. The lowest BCUT2D eigenvalue weighted by Crippen LogP contribution is -2.60. The van der Waals surface area contributed by atoms with E-state index < -0.39 is 0 Å². The van der Waals surface area contributed by atoms with Gasteiger partial charge in [0.1, 0.15) is 0 Å². The number of likely N-dealkylation sites (N-methyl/N-ethyl adjacent to an activating group) is 1. The van der Waals surface area contributed by atoms with Crippen LogP contribution in [0.25, 0.3) is 0 Å². The zero-order valence-electron chi connectivity index (χ0n) is 14.6. The van der Waals surface area contributed by atoms with Crippen LogP contribution in [0.4, 0.5) is 0 Å². The topological polar surface area (TPSA) is 15.3 Å². The smallest absolute Gasteiger partial charge is 0.0271 e. The van der Waals surface area contributed by atoms with Crippen LogP contribution in [0.1, 0.15) is 78.1 Å². The number of rotatable bonds is 2. The van der Waals surface area contributed by atoms with E-state index in [4.69, 9.17) is 0 Å². The molecule has 0 aromatic carbocycles. The molecule has 0 bridgehead atoms. The molecule has 2 nitrogen and oxygen atoms in total. The highest BCUT2D eigenvalue weighted by atomic mass is 15.2. The van der Waals surface area contributed by atoms with E-state index in [-0.39, 0.29) is 0 Å². The van der Waals surface area contributed by atoms with E-state index in [2.05, 4.69) is 31.1 Å². The number of nitrogens with zero attached hydrogens (tertiary/aromatic N) is 1. The first kappa shape index (κ1) is 15.8. The molecule has 1 saturated heterocycles. The van der Waals surface area contributed by atoms with Crippen molar-refractivity contribution < 1.29 is 0 Å². The highest BCUT2D eigenvalue weighted by Crippen LogP contribution is 2.46. The summed E-state index contributed by atoms with van der Waals surface area (Å²) in [6.07, 6.45) is 14.7. The Morgan fingerprint density at radius 3 is 2.14 bits per heavy atom. The van der Waals surface area contributed by atoms with Crippen LogP contribution in [0.5, 0.6) is 0 Å². The Bertz CT molecular complexity index is 333. The maximum Gasteiger partial charge on any atom is 0.0271 e. The van der Waals surface area contributed by atoms with Gasteiger partial charge in [-0.2, -0.15) is 0 Å². The summed E-state index contributed by atoms with van der Waals surface area (Å²) in [5.74, 6) is 0. The molecule has 0 aromatic heterocycles. The van der Waals surface area contributed by atoms with Crippen LogP contribution in [0, 0.1) is 10.8 Å². The molecule has 21 heavy (non-hydrogen) atoms. The van der Waals surface area contributed by atoms with Gasteiger partial charge < -0.3 is 5.32 Å². The Labute approximate surface area is 132 Å². The normalized spacial score (nSPS) is 36.7. The zero-order chi connectivity index (χ0) is 14.9. The van der Waals surface area contributed by atoms with Crippen molar-refractivity contribution in [2.45, 2.75) is 90.1 Å². The van der Waals surface area contributed by atoms with E-state index >= 15 is 0 Å². The molecule has 1 aliphatic heterocycles. The second kappa shape index (κ2) is 6.20. The highest BCUT2D eigenvalue weighted by Gasteiger charge is 2.43. The molecule has 1 spiro atoms. The lowest BCUT2D eigenvalue weighted by atomic mass is 9.66. The number of piperidine rings is 1. The Balaban J connectivity index is 1.63. The fraction of sp³-hybridized carbons (Fsp3) is 1.00. The average molecular weight is 293 g/mol. The van der Waals surface area contributed by atoms with E-state index in [1.165, 1.54) is 77.3 Å². The predicted molar refractivity (Wildman–Crippen MR) is 90.6 cm³/mol. The van der Waals surface area contributed by atoms with Crippen LogP contribution in [-0.2, 0) is 0 Å².